The van der Waals surface area contributed by atoms with E-state index in [1.165, 1.54) is 26.0 Å². The second kappa shape index (κ2) is 55.5. The number of ketones is 6. The van der Waals surface area contributed by atoms with E-state index in [4.69, 9.17) is 55.9 Å². The van der Waals surface area contributed by atoms with Gasteiger partial charge in [-0.25, -0.2) is 8.78 Å². The predicted molar refractivity (Wildman–Crippen MR) is 500 cm³/mol. The lowest BCUT2D eigenvalue weighted by molar-refractivity contribution is -0.138. The topological polar surface area (TPSA) is 182 Å². The van der Waals surface area contributed by atoms with Crippen LogP contribution in [0.15, 0.2) is 133 Å². The van der Waals surface area contributed by atoms with Gasteiger partial charge in [0.25, 0.3) is 0 Å². The highest BCUT2D eigenvalue weighted by Crippen LogP contribution is 2.35. The van der Waals surface area contributed by atoms with Crippen molar-refractivity contribution in [1.82, 2.24) is 40.9 Å². The molecule has 0 saturated carbocycles. The van der Waals surface area contributed by atoms with Crippen molar-refractivity contribution in [3.8, 4) is 5.75 Å². The van der Waals surface area contributed by atoms with Crippen LogP contribution in [0.1, 0.15) is 210 Å². The number of ether oxygens (including phenoxy) is 2. The Morgan fingerprint density at radius 2 is 0.798 bits per heavy atom. The second-order valence-corrected chi connectivity index (χ2v) is 37.5. The number of hydrogen-bond acceptors (Lipinski definition) is 16. The van der Waals surface area contributed by atoms with E-state index < -0.39 is 30.1 Å². The van der Waals surface area contributed by atoms with Crippen molar-refractivity contribution in [1.29, 1.82) is 0 Å². The van der Waals surface area contributed by atoms with Crippen molar-refractivity contribution in [2.24, 2.45) is 35.5 Å². The highest BCUT2D eigenvalue weighted by atomic mass is 35.5. The molecule has 0 radical (unpaired) electrons. The number of Topliss-reactive ketones (excluding diaryl/α,β-unsaturated/α-hetero) is 6. The number of carbonyl (C=O) groups is 6. The van der Waals surface area contributed by atoms with Gasteiger partial charge >= 0.3 is 6.18 Å². The maximum absolute atomic E-state index is 13.5. The summed E-state index contributed by atoms with van der Waals surface area (Å²) < 4.78 is 74.9. The first-order chi connectivity index (χ1) is 58.3. The van der Waals surface area contributed by atoms with Crippen LogP contribution in [-0.2, 0) is 39.7 Å². The van der Waals surface area contributed by atoms with Crippen LogP contribution in [0.25, 0.3) is 0 Å². The summed E-state index contributed by atoms with van der Waals surface area (Å²) in [5, 5.41) is 15.6. The van der Waals surface area contributed by atoms with Crippen molar-refractivity contribution in [2.75, 3.05) is 127 Å². The van der Waals surface area contributed by atoms with E-state index in [1.807, 2.05) is 182 Å². The summed E-state index contributed by atoms with van der Waals surface area (Å²) >= 11 is 23.7. The summed E-state index contributed by atoms with van der Waals surface area (Å²) in [6.07, 6.45) is -1.03. The Hall–Kier alpha value is -6.41. The molecule has 3 saturated heterocycles. The smallest absolute Gasteiger partial charge is 0.416 e. The number of methoxy groups -OCH3 is 1. The molecule has 25 heteroatoms. The number of hydrogen-bond donors (Lipinski definition) is 4. The molecule has 4 N–H and O–H groups in total. The molecule has 124 heavy (non-hydrogen) atoms. The summed E-state index contributed by atoms with van der Waals surface area (Å²) in [6.45, 7) is 41.7. The Balaban J connectivity index is 0.000000313. The van der Waals surface area contributed by atoms with Crippen LogP contribution in [0.4, 0.5) is 22.0 Å². The van der Waals surface area contributed by atoms with Gasteiger partial charge in [0.1, 0.15) is 41.4 Å². The molecule has 1 unspecified atom stereocenters. The Morgan fingerprint density at radius 1 is 0.460 bits per heavy atom. The zero-order chi connectivity index (χ0) is 93.0. The monoisotopic (exact) mass is 1810 g/mol. The minimum absolute atomic E-state index is 0.0253. The van der Waals surface area contributed by atoms with Gasteiger partial charge in [0.15, 0.2) is 11.6 Å². The molecule has 0 bridgehead atoms. The van der Waals surface area contributed by atoms with Gasteiger partial charge in [-0.1, -0.05) is 223 Å². The number of likely N-dealkylation sites (N-methyl/N-ethyl adjacent to an activating group) is 2. The molecule has 0 aliphatic carbocycles. The summed E-state index contributed by atoms with van der Waals surface area (Å²) in [5.74, 6) is -0.632. The van der Waals surface area contributed by atoms with Crippen LogP contribution < -0.4 is 26.0 Å². The summed E-state index contributed by atoms with van der Waals surface area (Å²) in [7, 11) is 9.94. The number of halogens is 9. The number of carbonyl (C=O) groups excluding carboxylic acids is 6. The third-order valence-corrected chi connectivity index (χ3v) is 23.4. The van der Waals surface area contributed by atoms with Crippen LogP contribution in [0.3, 0.4) is 0 Å². The number of rotatable bonds is 38. The fourth-order valence-electron chi connectivity index (χ4n) is 14.8. The summed E-state index contributed by atoms with van der Waals surface area (Å²) in [6, 6.07) is 40.8. The molecule has 3 fully saturated rings. The first-order valence-electron chi connectivity index (χ1n) is 43.9. The number of benzene rings is 6. The first kappa shape index (κ1) is 110. The van der Waals surface area contributed by atoms with Gasteiger partial charge in [-0.05, 0) is 174 Å². The number of aryl methyl sites for hydroxylation is 1. The van der Waals surface area contributed by atoms with Crippen molar-refractivity contribution in [2.45, 2.75) is 209 Å². The number of nitrogens with one attached hydrogen (secondary N) is 4. The minimum atomic E-state index is -4.41. The van der Waals surface area contributed by atoms with Crippen LogP contribution >= 0.6 is 46.4 Å². The molecule has 3 aliphatic rings. The fraction of sp³-hybridized carbons (Fsp3) is 0.576. The van der Waals surface area contributed by atoms with E-state index in [2.05, 4.69) is 69.1 Å². The Morgan fingerprint density at radius 3 is 1.11 bits per heavy atom. The normalized spacial score (nSPS) is 17.0. The first-order valence-corrected chi connectivity index (χ1v) is 45.4. The Labute approximate surface area is 758 Å². The average molecular weight is 1810 g/mol. The van der Waals surface area contributed by atoms with E-state index in [0.717, 1.165) is 98.9 Å². The molecule has 9 atom stereocenters. The molecule has 3 heterocycles. The molecule has 6 aromatic rings. The number of nitrogens with zero attached hydrogens (tertiary/aromatic N) is 4. The van der Waals surface area contributed by atoms with Crippen LogP contribution in [-0.4, -0.2) is 212 Å². The summed E-state index contributed by atoms with van der Waals surface area (Å²) in [5.41, 5.74) is 5.13. The van der Waals surface area contributed by atoms with Crippen molar-refractivity contribution in [3.63, 3.8) is 0 Å². The van der Waals surface area contributed by atoms with Crippen LogP contribution in [0.2, 0.25) is 20.1 Å². The van der Waals surface area contributed by atoms with Gasteiger partial charge in [-0.3, -0.25) is 28.8 Å². The molecule has 0 spiro atoms. The van der Waals surface area contributed by atoms with Crippen LogP contribution in [0, 0.1) is 48.2 Å². The maximum atomic E-state index is 13.5. The molecular formula is C99H143Cl4F5N8O8. The highest BCUT2D eigenvalue weighted by Gasteiger charge is 2.36. The zero-order valence-electron chi connectivity index (χ0n) is 77.5. The minimum Gasteiger partial charge on any atom is -0.494 e. The summed E-state index contributed by atoms with van der Waals surface area (Å²) in [4.78, 5) is 84.1. The Bertz CT molecular complexity index is 4070. The highest BCUT2D eigenvalue weighted by molar-refractivity contribution is 6.31. The van der Waals surface area contributed by atoms with Gasteiger partial charge in [-0.2, -0.15) is 13.2 Å². The lowest BCUT2D eigenvalue weighted by Crippen LogP contribution is -2.36. The van der Waals surface area contributed by atoms with Crippen LogP contribution in [0.5, 0.6) is 5.75 Å². The van der Waals surface area contributed by atoms with Gasteiger partial charge in [-0.15, -0.1) is 0 Å². The zero-order valence-corrected chi connectivity index (χ0v) is 80.5. The lowest BCUT2D eigenvalue weighted by atomic mass is 9.87. The van der Waals surface area contributed by atoms with E-state index in [-0.39, 0.29) is 107 Å². The third kappa shape index (κ3) is 38.1. The molecular weight excluding hydrogens is 1670 g/mol. The third-order valence-electron chi connectivity index (χ3n) is 22.4. The maximum Gasteiger partial charge on any atom is 0.416 e. The average Bonchev–Trinajstić information content (AvgIpc) is 0.958. The quantitative estimate of drug-likeness (QED) is 0.0212. The van der Waals surface area contributed by atoms with Crippen molar-refractivity contribution in [3.05, 3.63) is 204 Å². The van der Waals surface area contributed by atoms with Gasteiger partial charge in [0.2, 0.25) is 0 Å². The van der Waals surface area contributed by atoms with E-state index >= 15 is 0 Å². The standard InChI is InChI=1S/2C18H27ClN2O.C17H24F3NO.C16H22ClNO2.C16H24FNO2.C14H19ClFNO/c2*1-13(2)18(22)17(14-5-7-15(19)8-6-14)12-21-10-9-16(11-21)20(3)4;1-10(2)16(22)15(9-21-11(3)4)13-6-12(5)7-14(8-13)17(18,19)20;1-11(2)16(19)15(9-18-14-7-8-20-10-14)12-3-5-13(17)6-4-12;1-10(2)16(19)13(9-18-11(3)4)12-6-7-14(17)15(8-12)20-5;1-10(2)14(18)13(9-17-8-7-16)11-3-5-12(15)6-4-11/h2*5-8,13,16-17H,9-12H2,1-4H3;6-8,10-11,15,21H,9H2,1-5H3;3-6,11,14-15,18H,7-10H2,1-2H3;6-8,10-11,13,18H,9H2,1-5H3;3-6,10,13,17H,7-9H2,1-2H3/t16-,17+;16-,17-;15-;14?,15-;2*13-/m001111/s1. The molecule has 16 nitrogen and oxygen atoms in total. The van der Waals surface area contributed by atoms with Gasteiger partial charge in [0, 0.05) is 151 Å². The molecule has 3 aliphatic heterocycles. The number of alkyl halides is 4. The van der Waals surface area contributed by atoms with E-state index in [1.54, 1.807) is 51.1 Å². The molecule has 9 rings (SSSR count). The molecule has 0 aromatic heterocycles. The molecule has 690 valence electrons. The SMILES string of the molecule is CC(C)C(=O)[C@@H](CN1CC[C@H](N(C)C)C1)c1ccc(Cl)cc1.CC(C)C(=O)[C@H](CN1CC[C@H](N(C)C)C1)c1ccc(Cl)cc1.CC(C)C(=O)[C@H](CNC1CCOC1)c1ccc(Cl)cc1.CC(C)C(=O)[C@H](CNCCF)c1ccc(Cl)cc1.COc1cc([C@@H](CNC(C)C)C(=O)C(C)C)ccc1F.Cc1cc([C@@H](CNC(C)C)C(=O)C(C)C)cc(C(F)(F)F)c1. The fourth-order valence-corrected chi connectivity index (χ4v) is 15.3. The predicted octanol–water partition coefficient (Wildman–Crippen LogP) is 20.3. The second-order valence-electron chi connectivity index (χ2n) is 35.7. The number of likely N-dealkylation sites (tertiary alicyclic amines) is 2. The molecule has 6 aromatic carbocycles. The largest absolute Gasteiger partial charge is 0.494 e. The van der Waals surface area contributed by atoms with Gasteiger partial charge < -0.3 is 50.3 Å². The lowest BCUT2D eigenvalue weighted by Gasteiger charge is -2.25. The van der Waals surface area contributed by atoms with Gasteiger partial charge in [0.05, 0.1) is 54.8 Å². The molecule has 0 amide bonds. The van der Waals surface area contributed by atoms with Crippen molar-refractivity contribution >= 4 is 81.1 Å². The Kier molecular flexibility index (Phi) is 49.2. The van der Waals surface area contributed by atoms with E-state index in [9.17, 15) is 50.7 Å². The van der Waals surface area contributed by atoms with Crippen molar-refractivity contribution < 1.29 is 60.2 Å². The van der Waals surface area contributed by atoms with E-state index in [0.29, 0.717) is 93.1 Å².